The van der Waals surface area contributed by atoms with Crippen molar-refractivity contribution in [2.75, 3.05) is 22.4 Å². The molecular weight excluding hydrogens is 422 g/mol. The van der Waals surface area contributed by atoms with Crippen molar-refractivity contribution in [2.24, 2.45) is 0 Å². The first-order valence-electron chi connectivity index (χ1n) is 8.18. The molecule has 0 radical (unpaired) electrons. The molecule has 0 bridgehead atoms. The first-order valence-corrected chi connectivity index (χ1v) is 11.5. The maximum absolute atomic E-state index is 12.0. The largest absolute Gasteiger partial charge is 0.506 e. The topological polar surface area (TPSA) is 145 Å². The highest BCUT2D eigenvalue weighted by Gasteiger charge is 2.30. The van der Waals surface area contributed by atoms with Gasteiger partial charge in [-0.25, -0.2) is 17.4 Å². The fourth-order valence-corrected chi connectivity index (χ4v) is 4.48. The van der Waals surface area contributed by atoms with Crippen LogP contribution in [-0.2, 0) is 26.7 Å². The highest BCUT2D eigenvalue weighted by atomic mass is 32.2. The number of nitrogens with zero attached hydrogens (tertiary/aromatic N) is 1. The second-order valence-electron chi connectivity index (χ2n) is 6.31. The van der Waals surface area contributed by atoms with Gasteiger partial charge in [-0.05, 0) is 47.9 Å². The Balaban J connectivity index is 1.95. The van der Waals surface area contributed by atoms with Crippen LogP contribution in [-0.4, -0.2) is 40.4 Å². The molecule has 12 heteroatoms. The fraction of sp³-hybridized carbons (Fsp3) is 0.176. The van der Waals surface area contributed by atoms with Crippen molar-refractivity contribution >= 4 is 31.6 Å². The Bertz CT molecular complexity index is 1190. The van der Waals surface area contributed by atoms with Crippen LogP contribution in [0.2, 0.25) is 0 Å². The number of methoxy groups -OCH3 is 1. The average molecular weight is 441 g/mol. The molecule has 0 saturated carbocycles. The molecular formula is C17H19N3O7S2. The summed E-state index contributed by atoms with van der Waals surface area (Å²) in [5.74, 6) is -0.379. The smallest absolute Gasteiger partial charge is 0.330 e. The van der Waals surface area contributed by atoms with Gasteiger partial charge >= 0.3 is 10.2 Å². The molecule has 0 atom stereocenters. The van der Waals surface area contributed by atoms with Gasteiger partial charge in [-0.3, -0.25) is 4.72 Å². The molecule has 1 heterocycles. The number of nitrogens with one attached hydrogen (secondary N) is 2. The second kappa shape index (κ2) is 7.37. The van der Waals surface area contributed by atoms with Crippen molar-refractivity contribution in [3.8, 4) is 11.5 Å². The van der Waals surface area contributed by atoms with E-state index in [4.69, 9.17) is 4.74 Å². The molecule has 2 aromatic rings. The summed E-state index contributed by atoms with van der Waals surface area (Å²) in [4.78, 5) is 0. The Kier molecular flexibility index (Phi) is 5.24. The SMILES string of the molecule is COc1ccc(NS(C)(=O)=O)c(Cc2ccc(N3C=C(O)NS3(=O)=O)c(O)c2)c1. The standard InChI is InChI=1S/C17H19N3O7S2/c1-27-13-4-5-14(18-28(2,23)24)12(9-13)7-11-3-6-15(16(21)8-11)20-10-17(22)19-29(20,25)26/h3-6,8-10,18-19,21-22H,7H2,1-2H3. The average Bonchev–Trinajstić information content (AvgIpc) is 2.87. The number of ether oxygens (including phenoxy) is 1. The number of sulfonamides is 1. The zero-order valence-electron chi connectivity index (χ0n) is 15.4. The Hall–Kier alpha value is -3.12. The van der Waals surface area contributed by atoms with Crippen molar-refractivity contribution in [1.82, 2.24) is 4.72 Å². The van der Waals surface area contributed by atoms with E-state index in [9.17, 15) is 27.0 Å². The van der Waals surface area contributed by atoms with Crippen molar-refractivity contribution < 1.29 is 31.8 Å². The third-order valence-corrected chi connectivity index (χ3v) is 5.89. The van der Waals surface area contributed by atoms with E-state index < -0.39 is 26.1 Å². The number of hydrogen-bond donors (Lipinski definition) is 4. The molecule has 2 aromatic carbocycles. The van der Waals surface area contributed by atoms with Gasteiger partial charge in [0.05, 0.1) is 25.3 Å². The lowest BCUT2D eigenvalue weighted by Crippen LogP contribution is -2.29. The number of hydrogen-bond acceptors (Lipinski definition) is 7. The fourth-order valence-electron chi connectivity index (χ4n) is 2.82. The summed E-state index contributed by atoms with van der Waals surface area (Å²) in [5, 5.41) is 19.7. The molecule has 156 valence electrons. The van der Waals surface area contributed by atoms with Gasteiger partial charge in [-0.15, -0.1) is 0 Å². The van der Waals surface area contributed by atoms with Crippen LogP contribution in [0.15, 0.2) is 48.5 Å². The van der Waals surface area contributed by atoms with Gasteiger partial charge in [-0.1, -0.05) is 6.07 Å². The Morgan fingerprint density at radius 2 is 1.90 bits per heavy atom. The first kappa shape index (κ1) is 20.6. The van der Waals surface area contributed by atoms with E-state index in [1.54, 1.807) is 24.3 Å². The second-order valence-corrected chi connectivity index (χ2v) is 9.61. The number of phenols is 1. The van der Waals surface area contributed by atoms with Crippen LogP contribution in [0.1, 0.15) is 11.1 Å². The Morgan fingerprint density at radius 3 is 2.45 bits per heavy atom. The third-order valence-electron chi connectivity index (χ3n) is 4.01. The van der Waals surface area contributed by atoms with Gasteiger partial charge in [0.1, 0.15) is 17.2 Å². The molecule has 1 aliphatic rings. The minimum atomic E-state index is -4.03. The van der Waals surface area contributed by atoms with Gasteiger partial charge in [0.25, 0.3) is 0 Å². The van der Waals surface area contributed by atoms with E-state index in [2.05, 4.69) is 4.72 Å². The lowest BCUT2D eigenvalue weighted by molar-refractivity contribution is 0.392. The van der Waals surface area contributed by atoms with E-state index in [1.807, 2.05) is 4.72 Å². The quantitative estimate of drug-likeness (QED) is 0.530. The number of phenolic OH excluding ortho intramolecular Hbond substituents is 1. The molecule has 0 spiro atoms. The number of aliphatic hydroxyl groups is 1. The van der Waals surface area contributed by atoms with Gasteiger partial charge in [-0.2, -0.15) is 8.42 Å². The van der Waals surface area contributed by atoms with E-state index in [0.717, 1.165) is 12.5 Å². The Morgan fingerprint density at radius 1 is 1.17 bits per heavy atom. The van der Waals surface area contributed by atoms with Crippen LogP contribution in [0.25, 0.3) is 0 Å². The predicted octanol–water partition coefficient (Wildman–Crippen LogP) is 1.37. The van der Waals surface area contributed by atoms with Crippen molar-refractivity contribution in [2.45, 2.75) is 6.42 Å². The zero-order chi connectivity index (χ0) is 21.4. The minimum Gasteiger partial charge on any atom is -0.506 e. The minimum absolute atomic E-state index is 0.0505. The summed E-state index contributed by atoms with van der Waals surface area (Å²) >= 11 is 0. The van der Waals surface area contributed by atoms with E-state index in [-0.39, 0.29) is 17.9 Å². The molecule has 29 heavy (non-hydrogen) atoms. The third kappa shape index (κ3) is 4.66. The first-order chi connectivity index (χ1) is 13.5. The summed E-state index contributed by atoms with van der Waals surface area (Å²) in [6.07, 6.45) is 2.20. The van der Waals surface area contributed by atoms with E-state index in [1.165, 1.54) is 19.2 Å². The monoisotopic (exact) mass is 441 g/mol. The van der Waals surface area contributed by atoms with E-state index >= 15 is 0 Å². The van der Waals surface area contributed by atoms with E-state index in [0.29, 0.717) is 26.9 Å². The van der Waals surface area contributed by atoms with Crippen molar-refractivity contribution in [3.05, 3.63) is 59.6 Å². The molecule has 0 aromatic heterocycles. The maximum atomic E-state index is 12.0. The van der Waals surface area contributed by atoms with Crippen LogP contribution in [0, 0.1) is 0 Å². The van der Waals surface area contributed by atoms with Crippen LogP contribution in [0.3, 0.4) is 0 Å². The zero-order valence-corrected chi connectivity index (χ0v) is 17.1. The summed E-state index contributed by atoms with van der Waals surface area (Å²) in [7, 11) is -6.06. The van der Waals surface area contributed by atoms with Gasteiger partial charge in [0.15, 0.2) is 0 Å². The normalized spacial score (nSPS) is 15.5. The van der Waals surface area contributed by atoms with Gasteiger partial charge in [0.2, 0.25) is 15.9 Å². The van der Waals surface area contributed by atoms with Crippen molar-refractivity contribution in [1.29, 1.82) is 0 Å². The highest BCUT2D eigenvalue weighted by Crippen LogP contribution is 2.34. The lowest BCUT2D eigenvalue weighted by Gasteiger charge is -2.17. The predicted molar refractivity (Wildman–Crippen MR) is 108 cm³/mol. The van der Waals surface area contributed by atoms with Gasteiger partial charge in [0, 0.05) is 0 Å². The molecule has 0 saturated heterocycles. The number of benzene rings is 2. The van der Waals surface area contributed by atoms with Gasteiger partial charge < -0.3 is 14.9 Å². The number of aliphatic hydroxyl groups excluding tert-OH is 1. The summed E-state index contributed by atoms with van der Waals surface area (Å²) < 4.78 is 57.4. The van der Waals surface area contributed by atoms with Crippen LogP contribution in [0.5, 0.6) is 11.5 Å². The molecule has 0 unspecified atom stereocenters. The molecule has 0 fully saturated rings. The summed E-state index contributed by atoms with van der Waals surface area (Å²) in [6.45, 7) is 0. The molecule has 0 aliphatic carbocycles. The highest BCUT2D eigenvalue weighted by molar-refractivity contribution is 7.92. The van der Waals surface area contributed by atoms with Crippen LogP contribution < -0.4 is 18.5 Å². The molecule has 10 nitrogen and oxygen atoms in total. The Labute approximate surface area is 168 Å². The molecule has 1 aliphatic heterocycles. The van der Waals surface area contributed by atoms with Crippen LogP contribution in [0.4, 0.5) is 11.4 Å². The number of rotatable bonds is 6. The lowest BCUT2D eigenvalue weighted by atomic mass is 10.0. The summed E-state index contributed by atoms with van der Waals surface area (Å²) in [5.41, 5.74) is 1.49. The summed E-state index contributed by atoms with van der Waals surface area (Å²) in [6, 6.07) is 9.16. The molecule has 0 amide bonds. The number of aromatic hydroxyl groups is 1. The maximum Gasteiger partial charge on any atom is 0.330 e. The van der Waals surface area contributed by atoms with Crippen molar-refractivity contribution in [3.63, 3.8) is 0 Å². The molecule has 3 rings (SSSR count). The number of anilines is 2. The molecule has 4 N–H and O–H groups in total. The van der Waals surface area contributed by atoms with Crippen LogP contribution >= 0.6 is 0 Å².